The minimum absolute atomic E-state index is 0.114. The van der Waals surface area contributed by atoms with Gasteiger partial charge in [-0.15, -0.1) is 0 Å². The van der Waals surface area contributed by atoms with Gasteiger partial charge in [-0.3, -0.25) is 0 Å². The lowest BCUT2D eigenvalue weighted by molar-refractivity contribution is 0.0442. The molecule has 0 atom stereocenters. The monoisotopic (exact) mass is 392 g/mol. The van der Waals surface area contributed by atoms with Crippen molar-refractivity contribution < 1.29 is 17.9 Å². The first-order valence-electron chi connectivity index (χ1n) is 8.92. The molecule has 8 nitrogen and oxygen atoms in total. The molecule has 0 amide bonds. The van der Waals surface area contributed by atoms with Crippen molar-refractivity contribution in [2.75, 3.05) is 51.6 Å². The highest BCUT2D eigenvalue weighted by molar-refractivity contribution is 7.88. The molecule has 4 rings (SSSR count). The summed E-state index contributed by atoms with van der Waals surface area (Å²) < 4.78 is 35.7. The van der Waals surface area contributed by atoms with E-state index in [0.717, 1.165) is 42.7 Å². The number of rotatable bonds is 4. The first-order chi connectivity index (χ1) is 12.8. The number of methoxy groups -OCH3 is 2. The number of piperidine rings is 1. The summed E-state index contributed by atoms with van der Waals surface area (Å²) in [6, 6.07) is 3.78. The Bertz CT molecular complexity index is 963. The first kappa shape index (κ1) is 18.2. The third kappa shape index (κ3) is 3.19. The smallest absolute Gasteiger partial charge is 0.211 e. The summed E-state index contributed by atoms with van der Waals surface area (Å²) in [4.78, 5) is 11.1. The largest absolute Gasteiger partial charge is 0.493 e. The van der Waals surface area contributed by atoms with Crippen molar-refractivity contribution in [1.29, 1.82) is 0 Å². The van der Waals surface area contributed by atoms with Crippen molar-refractivity contribution in [3.05, 3.63) is 18.5 Å². The zero-order valence-electron chi connectivity index (χ0n) is 15.8. The number of aromatic nitrogens is 2. The van der Waals surface area contributed by atoms with E-state index in [9.17, 15) is 8.42 Å². The van der Waals surface area contributed by atoms with Crippen LogP contribution in [0.25, 0.3) is 10.9 Å². The molecule has 27 heavy (non-hydrogen) atoms. The highest BCUT2D eigenvalue weighted by atomic mass is 32.2. The Balaban J connectivity index is 1.56. The number of fused-ring (bicyclic) bond motifs is 1. The molecule has 2 fully saturated rings. The standard InChI is InChI=1S/C18H24N4O4S/c1-25-15-8-13-14(9-16(15)26-2)19-12-20-17(13)21-6-4-18(5-7-21)10-22(11-18)27(3,23)24/h8-9,12H,4-7,10-11H2,1-3H3. The zero-order chi connectivity index (χ0) is 19.2. The van der Waals surface area contributed by atoms with E-state index in [1.165, 1.54) is 6.26 Å². The van der Waals surface area contributed by atoms with Gasteiger partial charge in [0, 0.05) is 43.0 Å². The van der Waals surface area contributed by atoms with Gasteiger partial charge in [0.15, 0.2) is 11.5 Å². The molecule has 0 saturated carbocycles. The van der Waals surface area contributed by atoms with Crippen molar-refractivity contribution in [1.82, 2.24) is 14.3 Å². The average Bonchev–Trinajstić information content (AvgIpc) is 2.63. The summed E-state index contributed by atoms with van der Waals surface area (Å²) in [7, 11) is 0.142. The van der Waals surface area contributed by atoms with Crippen molar-refractivity contribution in [2.24, 2.45) is 5.41 Å². The van der Waals surface area contributed by atoms with Crippen LogP contribution in [0.1, 0.15) is 12.8 Å². The fourth-order valence-electron chi connectivity index (χ4n) is 4.07. The topological polar surface area (TPSA) is 84.9 Å². The number of sulfonamides is 1. The molecule has 2 aliphatic heterocycles. The van der Waals surface area contributed by atoms with Crippen LogP contribution in [0.4, 0.5) is 5.82 Å². The Kier molecular flexibility index (Phi) is 4.38. The van der Waals surface area contributed by atoms with E-state index in [2.05, 4.69) is 14.9 Å². The summed E-state index contributed by atoms with van der Waals surface area (Å²) >= 11 is 0. The molecule has 0 unspecified atom stereocenters. The van der Waals surface area contributed by atoms with E-state index in [-0.39, 0.29) is 5.41 Å². The second kappa shape index (κ2) is 6.49. The van der Waals surface area contributed by atoms with Gasteiger partial charge >= 0.3 is 0 Å². The summed E-state index contributed by atoms with van der Waals surface area (Å²) in [6.07, 6.45) is 4.77. The van der Waals surface area contributed by atoms with Crippen LogP contribution in [0.2, 0.25) is 0 Å². The maximum absolute atomic E-state index is 11.7. The van der Waals surface area contributed by atoms with Crippen LogP contribution in [0, 0.1) is 5.41 Å². The molecule has 2 aromatic rings. The SMILES string of the molecule is COc1cc2ncnc(N3CCC4(CC3)CN(S(C)(=O)=O)C4)c2cc1OC. The minimum atomic E-state index is -3.08. The van der Waals surface area contributed by atoms with E-state index in [1.807, 2.05) is 12.1 Å². The van der Waals surface area contributed by atoms with Crippen molar-refractivity contribution in [3.8, 4) is 11.5 Å². The molecule has 1 aromatic carbocycles. The van der Waals surface area contributed by atoms with Gasteiger partial charge in [-0.1, -0.05) is 0 Å². The quantitative estimate of drug-likeness (QED) is 0.780. The molecule has 0 radical (unpaired) electrons. The van der Waals surface area contributed by atoms with E-state index in [1.54, 1.807) is 24.9 Å². The second-order valence-corrected chi connectivity index (χ2v) is 9.42. The van der Waals surface area contributed by atoms with Crippen LogP contribution in [0.15, 0.2) is 18.5 Å². The van der Waals surface area contributed by atoms with E-state index in [0.29, 0.717) is 24.6 Å². The van der Waals surface area contributed by atoms with Crippen molar-refractivity contribution in [3.63, 3.8) is 0 Å². The van der Waals surface area contributed by atoms with Crippen LogP contribution in [0.3, 0.4) is 0 Å². The third-order valence-electron chi connectivity index (χ3n) is 5.74. The molecule has 0 aliphatic carbocycles. The molecular weight excluding hydrogens is 368 g/mol. The van der Waals surface area contributed by atoms with Crippen molar-refractivity contribution in [2.45, 2.75) is 12.8 Å². The van der Waals surface area contributed by atoms with Gasteiger partial charge < -0.3 is 14.4 Å². The normalized spacial score (nSPS) is 19.9. The number of hydrogen-bond donors (Lipinski definition) is 0. The van der Waals surface area contributed by atoms with E-state index >= 15 is 0 Å². The van der Waals surface area contributed by atoms with Crippen LogP contribution >= 0.6 is 0 Å². The highest BCUT2D eigenvalue weighted by Crippen LogP contribution is 2.43. The Morgan fingerprint density at radius 1 is 1.04 bits per heavy atom. The maximum atomic E-state index is 11.7. The lowest BCUT2D eigenvalue weighted by Crippen LogP contribution is -2.61. The molecule has 9 heteroatoms. The lowest BCUT2D eigenvalue weighted by Gasteiger charge is -2.53. The molecule has 3 heterocycles. The molecule has 0 bridgehead atoms. The second-order valence-electron chi connectivity index (χ2n) is 7.44. The summed E-state index contributed by atoms with van der Waals surface area (Å²) in [6.45, 7) is 2.96. The number of nitrogens with zero attached hydrogens (tertiary/aromatic N) is 4. The Labute approximate surface area is 159 Å². The Hall–Kier alpha value is -2.13. The van der Waals surface area contributed by atoms with Gasteiger partial charge in [0.1, 0.15) is 12.1 Å². The van der Waals surface area contributed by atoms with Crippen LogP contribution in [-0.4, -0.2) is 69.3 Å². The Morgan fingerprint density at radius 3 is 2.26 bits per heavy atom. The number of benzene rings is 1. The van der Waals surface area contributed by atoms with Gasteiger partial charge in [-0.2, -0.15) is 0 Å². The van der Waals surface area contributed by atoms with E-state index < -0.39 is 10.0 Å². The van der Waals surface area contributed by atoms with Crippen molar-refractivity contribution >= 4 is 26.7 Å². The summed E-state index contributed by atoms with van der Waals surface area (Å²) in [5, 5.41) is 0.928. The number of hydrogen-bond acceptors (Lipinski definition) is 7. The molecule has 1 aromatic heterocycles. The van der Waals surface area contributed by atoms with E-state index in [4.69, 9.17) is 9.47 Å². The summed E-state index contributed by atoms with van der Waals surface area (Å²) in [5.41, 5.74) is 0.924. The van der Waals surface area contributed by atoms with Crippen LogP contribution < -0.4 is 14.4 Å². The Morgan fingerprint density at radius 2 is 1.67 bits per heavy atom. The fourth-order valence-corrected chi connectivity index (χ4v) is 5.08. The van der Waals surface area contributed by atoms with Gasteiger partial charge in [0.2, 0.25) is 10.0 Å². The van der Waals surface area contributed by atoms with Gasteiger partial charge in [0.05, 0.1) is 26.0 Å². The maximum Gasteiger partial charge on any atom is 0.211 e. The molecule has 2 aliphatic rings. The predicted molar refractivity (Wildman–Crippen MR) is 103 cm³/mol. The van der Waals surface area contributed by atoms with Gasteiger partial charge in [-0.05, 0) is 18.9 Å². The third-order valence-corrected chi connectivity index (χ3v) is 6.93. The molecular formula is C18H24N4O4S. The summed E-state index contributed by atoms with van der Waals surface area (Å²) in [5.74, 6) is 2.18. The molecule has 146 valence electrons. The fraction of sp³-hybridized carbons (Fsp3) is 0.556. The zero-order valence-corrected chi connectivity index (χ0v) is 16.6. The van der Waals surface area contributed by atoms with Gasteiger partial charge in [0.25, 0.3) is 0 Å². The number of anilines is 1. The van der Waals surface area contributed by atoms with Crippen LogP contribution in [0.5, 0.6) is 11.5 Å². The predicted octanol–water partition coefficient (Wildman–Crippen LogP) is 1.51. The number of ether oxygens (including phenoxy) is 2. The van der Waals surface area contributed by atoms with Gasteiger partial charge in [-0.25, -0.2) is 22.7 Å². The lowest BCUT2D eigenvalue weighted by atomic mass is 9.73. The molecule has 0 N–H and O–H groups in total. The minimum Gasteiger partial charge on any atom is -0.493 e. The first-order valence-corrected chi connectivity index (χ1v) is 10.8. The highest BCUT2D eigenvalue weighted by Gasteiger charge is 2.48. The molecule has 2 saturated heterocycles. The molecule has 1 spiro atoms. The van der Waals surface area contributed by atoms with Crippen LogP contribution in [-0.2, 0) is 10.0 Å². The average molecular weight is 392 g/mol.